The van der Waals surface area contributed by atoms with Crippen molar-refractivity contribution in [2.75, 3.05) is 31.6 Å². The number of carbonyl (C=O) groups excluding carboxylic acids is 2. The van der Waals surface area contributed by atoms with Crippen LogP contribution in [0, 0.1) is 24.2 Å². The minimum Gasteiger partial charge on any atom is -0.481 e. The minimum absolute atomic E-state index is 0.0493. The summed E-state index contributed by atoms with van der Waals surface area (Å²) < 4.78 is 13.3. The van der Waals surface area contributed by atoms with Crippen LogP contribution in [-0.4, -0.2) is 69.5 Å². The highest BCUT2D eigenvalue weighted by molar-refractivity contribution is 5.95. The zero-order chi connectivity index (χ0) is 34.3. The second-order valence-electron chi connectivity index (χ2n) is 15.8. The first-order valence-corrected chi connectivity index (χ1v) is 18.4. The molecule has 0 N–H and O–H groups in total. The summed E-state index contributed by atoms with van der Waals surface area (Å²) in [7, 11) is 1.67. The number of hydrogen-bond donors (Lipinski definition) is 0. The van der Waals surface area contributed by atoms with E-state index in [1.165, 1.54) is 5.56 Å². The predicted molar refractivity (Wildman–Crippen MR) is 188 cm³/mol. The molecular formula is C39H52N6O4. The Labute approximate surface area is 290 Å². The number of nitrogens with zero attached hydrogens (tertiary/aromatic N) is 6. The molecule has 0 atom stereocenters. The van der Waals surface area contributed by atoms with Crippen molar-refractivity contribution in [2.24, 2.45) is 17.3 Å². The molecule has 1 aliphatic heterocycles. The van der Waals surface area contributed by atoms with E-state index in [1.54, 1.807) is 12.0 Å². The zero-order valence-electron chi connectivity index (χ0n) is 29.9. The van der Waals surface area contributed by atoms with Gasteiger partial charge in [-0.15, -0.1) is 0 Å². The topological polar surface area (TPSA) is 103 Å². The smallest absolute Gasteiger partial charge is 0.410 e. The lowest BCUT2D eigenvalue weighted by Gasteiger charge is -2.55. The van der Waals surface area contributed by atoms with Crippen LogP contribution >= 0.6 is 0 Å². The highest BCUT2D eigenvalue weighted by atomic mass is 16.6. The van der Waals surface area contributed by atoms with E-state index in [0.29, 0.717) is 49.8 Å². The van der Waals surface area contributed by atoms with Crippen LogP contribution in [0.2, 0.25) is 0 Å². The molecule has 3 aromatic heterocycles. The van der Waals surface area contributed by atoms with Crippen molar-refractivity contribution in [2.45, 2.75) is 109 Å². The third-order valence-electron chi connectivity index (χ3n) is 12.1. The van der Waals surface area contributed by atoms with Gasteiger partial charge in [-0.25, -0.2) is 14.8 Å². The Bertz CT molecular complexity index is 1650. The number of fused-ring (bicyclic) bond motifs is 3. The molecule has 10 nitrogen and oxygen atoms in total. The fourth-order valence-corrected chi connectivity index (χ4v) is 8.83. The molecule has 49 heavy (non-hydrogen) atoms. The van der Waals surface area contributed by atoms with Gasteiger partial charge in [0.15, 0.2) is 0 Å². The van der Waals surface area contributed by atoms with E-state index in [4.69, 9.17) is 14.5 Å². The monoisotopic (exact) mass is 668 g/mol. The summed E-state index contributed by atoms with van der Waals surface area (Å²) in [4.78, 5) is 40.5. The van der Waals surface area contributed by atoms with Gasteiger partial charge in [-0.3, -0.25) is 14.4 Å². The molecule has 4 heterocycles. The van der Waals surface area contributed by atoms with Gasteiger partial charge in [0.05, 0.1) is 13.3 Å². The molecule has 2 bridgehead atoms. The largest absolute Gasteiger partial charge is 0.481 e. The first-order chi connectivity index (χ1) is 23.6. The van der Waals surface area contributed by atoms with Crippen LogP contribution in [0.25, 0.3) is 11.1 Å². The van der Waals surface area contributed by atoms with Crippen molar-refractivity contribution in [3.05, 3.63) is 54.1 Å². The number of anilines is 1. The number of pyridine rings is 2. The van der Waals surface area contributed by atoms with Crippen molar-refractivity contribution < 1.29 is 19.1 Å². The Balaban J connectivity index is 1.10. The number of amides is 2. The number of likely N-dealkylation sites (tertiary alicyclic amines) is 1. The van der Waals surface area contributed by atoms with E-state index in [1.807, 2.05) is 34.2 Å². The maximum atomic E-state index is 14.6. The van der Waals surface area contributed by atoms with Gasteiger partial charge in [0.25, 0.3) is 0 Å². The molecule has 10 heteroatoms. The maximum absolute atomic E-state index is 14.6. The summed E-state index contributed by atoms with van der Waals surface area (Å²) in [6.07, 6.45) is 16.8. The fraction of sp³-hybridized carbons (Fsp3) is 0.615. The van der Waals surface area contributed by atoms with Crippen LogP contribution < -0.4 is 9.64 Å². The summed E-state index contributed by atoms with van der Waals surface area (Å²) in [5, 5.41) is 4.56. The summed E-state index contributed by atoms with van der Waals surface area (Å²) in [5.74, 6) is 1.98. The van der Waals surface area contributed by atoms with Crippen molar-refractivity contribution in [1.82, 2.24) is 24.6 Å². The lowest BCUT2D eigenvalue weighted by molar-refractivity contribution is -0.124. The molecule has 0 radical (unpaired) electrons. The van der Waals surface area contributed by atoms with Crippen LogP contribution in [0.15, 0.2) is 43.0 Å². The molecule has 1 saturated heterocycles. The van der Waals surface area contributed by atoms with Crippen molar-refractivity contribution in [3.63, 3.8) is 0 Å². The summed E-state index contributed by atoms with van der Waals surface area (Å²) in [6, 6.07) is 6.61. The minimum atomic E-state index is -0.207. The fourth-order valence-electron chi connectivity index (χ4n) is 8.83. The molecule has 5 fully saturated rings. The normalized spacial score (nSPS) is 26.8. The van der Waals surface area contributed by atoms with Gasteiger partial charge >= 0.3 is 6.09 Å². The molecule has 2 amide bonds. The Morgan fingerprint density at radius 2 is 1.69 bits per heavy atom. The maximum Gasteiger partial charge on any atom is 0.410 e. The number of aryl methyl sites for hydroxylation is 1. The highest BCUT2D eigenvalue weighted by Gasteiger charge is 2.51. The summed E-state index contributed by atoms with van der Waals surface area (Å²) in [6.45, 7) is 10.7. The standard InChI is InChI=1S/C39H52N6O4/c1-26(2)45-24-31(20-42-45)30-10-17-40-34(19-30)44(36(46)29-6-8-33(9-7-29)49-37(47)43-22-27(3)23-43)25-38-11-14-39(15-12-38,16-13-38)32-18-28(4)35(48-5)41-21-32/h10,17-21,24,26-27,29,33H,6-9,11-16,22-23,25H2,1-5H3. The quantitative estimate of drug-likeness (QED) is 0.233. The number of hydrogen-bond acceptors (Lipinski definition) is 7. The number of carbonyl (C=O) groups is 2. The van der Waals surface area contributed by atoms with Gasteiger partial charge < -0.3 is 14.4 Å². The zero-order valence-corrected chi connectivity index (χ0v) is 29.9. The van der Waals surface area contributed by atoms with Gasteiger partial charge in [0.2, 0.25) is 11.8 Å². The van der Waals surface area contributed by atoms with Crippen LogP contribution in [0.4, 0.5) is 10.6 Å². The average Bonchev–Trinajstić information content (AvgIpc) is 3.61. The molecule has 5 aliphatic rings. The number of rotatable bonds is 9. The van der Waals surface area contributed by atoms with Crippen LogP contribution in [0.3, 0.4) is 0 Å². The Morgan fingerprint density at radius 3 is 2.31 bits per heavy atom. The number of methoxy groups -OCH3 is 1. The van der Waals surface area contributed by atoms with Gasteiger partial charge in [-0.1, -0.05) is 6.92 Å². The van der Waals surface area contributed by atoms with E-state index in [2.05, 4.69) is 56.1 Å². The summed E-state index contributed by atoms with van der Waals surface area (Å²) in [5.41, 5.74) is 4.62. The molecule has 262 valence electrons. The third kappa shape index (κ3) is 6.67. The molecule has 4 aliphatic carbocycles. The van der Waals surface area contributed by atoms with E-state index >= 15 is 0 Å². The lowest BCUT2D eigenvalue weighted by atomic mass is 9.52. The van der Waals surface area contributed by atoms with Crippen molar-refractivity contribution in [1.29, 1.82) is 0 Å². The van der Waals surface area contributed by atoms with Crippen LogP contribution in [-0.2, 0) is 14.9 Å². The van der Waals surface area contributed by atoms with E-state index in [9.17, 15) is 9.59 Å². The molecule has 0 aromatic carbocycles. The molecular weight excluding hydrogens is 616 g/mol. The summed E-state index contributed by atoms with van der Waals surface area (Å²) >= 11 is 0. The van der Waals surface area contributed by atoms with E-state index < -0.39 is 0 Å². The van der Waals surface area contributed by atoms with Crippen molar-refractivity contribution >= 4 is 17.8 Å². The van der Waals surface area contributed by atoms with Gasteiger partial charge in [0, 0.05) is 61.3 Å². The Morgan fingerprint density at radius 1 is 0.980 bits per heavy atom. The highest BCUT2D eigenvalue weighted by Crippen LogP contribution is 2.58. The molecule has 0 unspecified atom stereocenters. The number of aromatic nitrogens is 4. The van der Waals surface area contributed by atoms with Gasteiger partial charge in [-0.2, -0.15) is 5.10 Å². The third-order valence-corrected chi connectivity index (χ3v) is 12.1. The Hall–Kier alpha value is -3.95. The lowest BCUT2D eigenvalue weighted by Crippen LogP contribution is -2.52. The van der Waals surface area contributed by atoms with Gasteiger partial charge in [-0.05, 0) is 131 Å². The van der Waals surface area contributed by atoms with Crippen LogP contribution in [0.1, 0.15) is 102 Å². The van der Waals surface area contributed by atoms with Crippen molar-refractivity contribution in [3.8, 4) is 17.0 Å². The second kappa shape index (κ2) is 13.4. The second-order valence-corrected chi connectivity index (χ2v) is 15.8. The first kappa shape index (κ1) is 33.5. The van der Waals surface area contributed by atoms with E-state index in [-0.39, 0.29) is 40.9 Å². The predicted octanol–water partition coefficient (Wildman–Crippen LogP) is 7.51. The van der Waals surface area contributed by atoms with Crippen LogP contribution in [0.5, 0.6) is 5.88 Å². The Kier molecular flexibility index (Phi) is 9.17. The SMILES string of the molecule is COc1ncc(C23CCC(CN(C(=O)C4CCC(OC(=O)N5CC(C)C5)CC4)c4cc(-c5cnn(C(C)C)c5)ccn4)(CC2)CC3)cc1C. The molecule has 3 aromatic rings. The average molecular weight is 669 g/mol. The van der Waals surface area contributed by atoms with Gasteiger partial charge in [0.1, 0.15) is 11.9 Å². The number of ether oxygens (including phenoxy) is 2. The first-order valence-electron chi connectivity index (χ1n) is 18.4. The molecule has 8 rings (SSSR count). The molecule has 4 saturated carbocycles. The molecule has 0 spiro atoms. The van der Waals surface area contributed by atoms with E-state index in [0.717, 1.165) is 68.3 Å².